The summed E-state index contributed by atoms with van der Waals surface area (Å²) in [6, 6.07) is 0.754. The molecule has 4 heteroatoms. The van der Waals surface area contributed by atoms with Crippen molar-refractivity contribution in [3.63, 3.8) is 0 Å². The van der Waals surface area contributed by atoms with Crippen molar-refractivity contribution in [2.45, 2.75) is 38.6 Å². The van der Waals surface area contributed by atoms with Gasteiger partial charge in [-0.3, -0.25) is 4.90 Å². The lowest BCUT2D eigenvalue weighted by Crippen LogP contribution is -2.47. The minimum absolute atomic E-state index is 0.754. The zero-order valence-electron chi connectivity index (χ0n) is 13.6. The molecule has 0 saturated carbocycles. The average molecular weight is 282 g/mol. The standard InChI is InChI=1S/C16H34N4/c1-3-8-19-9-4-5-16(6-10-19)17-7-11-20-14-12-18(2)13-15-20/h16-17H,3-15H2,1-2H3. The zero-order chi connectivity index (χ0) is 14.2. The topological polar surface area (TPSA) is 21.8 Å². The Bertz CT molecular complexity index is 251. The predicted octanol–water partition coefficient (Wildman–Crippen LogP) is 1.09. The molecule has 2 rings (SSSR count). The van der Waals surface area contributed by atoms with E-state index >= 15 is 0 Å². The summed E-state index contributed by atoms with van der Waals surface area (Å²) < 4.78 is 0. The number of piperazine rings is 1. The number of hydrogen-bond donors (Lipinski definition) is 1. The maximum Gasteiger partial charge on any atom is 0.0110 e. The highest BCUT2D eigenvalue weighted by molar-refractivity contribution is 4.76. The van der Waals surface area contributed by atoms with Crippen LogP contribution in [-0.4, -0.2) is 86.7 Å². The van der Waals surface area contributed by atoms with Gasteiger partial charge >= 0.3 is 0 Å². The van der Waals surface area contributed by atoms with Crippen LogP contribution in [0.1, 0.15) is 32.6 Å². The number of nitrogens with one attached hydrogen (secondary N) is 1. The molecule has 20 heavy (non-hydrogen) atoms. The molecule has 2 aliphatic rings. The van der Waals surface area contributed by atoms with Gasteiger partial charge in [-0.05, 0) is 52.4 Å². The second-order valence-electron chi connectivity index (χ2n) is 6.57. The second kappa shape index (κ2) is 8.98. The minimum atomic E-state index is 0.754. The Hall–Kier alpha value is -0.160. The monoisotopic (exact) mass is 282 g/mol. The van der Waals surface area contributed by atoms with Gasteiger partial charge in [0.15, 0.2) is 0 Å². The summed E-state index contributed by atoms with van der Waals surface area (Å²) in [5, 5.41) is 3.80. The Morgan fingerprint density at radius 2 is 1.65 bits per heavy atom. The van der Waals surface area contributed by atoms with Gasteiger partial charge < -0.3 is 15.1 Å². The van der Waals surface area contributed by atoms with Gasteiger partial charge in [0.2, 0.25) is 0 Å². The third-order valence-corrected chi connectivity index (χ3v) is 4.82. The SMILES string of the molecule is CCCN1CCCC(NCCN2CCN(C)CC2)CC1. The van der Waals surface area contributed by atoms with Gasteiger partial charge in [-0.2, -0.15) is 0 Å². The van der Waals surface area contributed by atoms with Crippen LogP contribution in [0.2, 0.25) is 0 Å². The largest absolute Gasteiger partial charge is 0.313 e. The highest BCUT2D eigenvalue weighted by Gasteiger charge is 2.17. The first kappa shape index (κ1) is 16.2. The van der Waals surface area contributed by atoms with Crippen molar-refractivity contribution in [2.75, 3.05) is 66.0 Å². The summed E-state index contributed by atoms with van der Waals surface area (Å²) in [5.74, 6) is 0. The van der Waals surface area contributed by atoms with Crippen molar-refractivity contribution < 1.29 is 0 Å². The Morgan fingerprint density at radius 1 is 0.900 bits per heavy atom. The van der Waals surface area contributed by atoms with E-state index < -0.39 is 0 Å². The number of nitrogens with zero attached hydrogens (tertiary/aromatic N) is 3. The van der Waals surface area contributed by atoms with Crippen LogP contribution in [0.5, 0.6) is 0 Å². The fourth-order valence-electron chi connectivity index (χ4n) is 3.40. The highest BCUT2D eigenvalue weighted by atomic mass is 15.2. The van der Waals surface area contributed by atoms with Gasteiger partial charge in [0, 0.05) is 45.3 Å². The number of hydrogen-bond acceptors (Lipinski definition) is 4. The van der Waals surface area contributed by atoms with Crippen molar-refractivity contribution in [1.82, 2.24) is 20.0 Å². The molecule has 0 aromatic heterocycles. The number of likely N-dealkylation sites (N-methyl/N-ethyl adjacent to an activating group) is 1. The second-order valence-corrected chi connectivity index (χ2v) is 6.57. The molecule has 2 heterocycles. The number of rotatable bonds is 6. The molecule has 0 aliphatic carbocycles. The van der Waals surface area contributed by atoms with Crippen molar-refractivity contribution in [1.29, 1.82) is 0 Å². The van der Waals surface area contributed by atoms with Gasteiger partial charge in [0.05, 0.1) is 0 Å². The van der Waals surface area contributed by atoms with E-state index in [0.717, 1.165) is 6.04 Å². The van der Waals surface area contributed by atoms with Gasteiger partial charge in [-0.25, -0.2) is 0 Å². The molecule has 1 atom stereocenters. The highest BCUT2D eigenvalue weighted by Crippen LogP contribution is 2.11. The first-order valence-electron chi connectivity index (χ1n) is 8.64. The molecule has 2 saturated heterocycles. The normalized spacial score (nSPS) is 27.6. The Morgan fingerprint density at radius 3 is 2.40 bits per heavy atom. The van der Waals surface area contributed by atoms with Crippen LogP contribution < -0.4 is 5.32 Å². The molecule has 0 aromatic rings. The van der Waals surface area contributed by atoms with Gasteiger partial charge in [0.25, 0.3) is 0 Å². The van der Waals surface area contributed by atoms with Gasteiger partial charge in [-0.1, -0.05) is 6.92 Å². The van der Waals surface area contributed by atoms with E-state index in [1.54, 1.807) is 0 Å². The summed E-state index contributed by atoms with van der Waals surface area (Å²) in [6.45, 7) is 13.5. The summed E-state index contributed by atoms with van der Waals surface area (Å²) >= 11 is 0. The fraction of sp³-hybridized carbons (Fsp3) is 1.00. The van der Waals surface area contributed by atoms with E-state index in [1.807, 2.05) is 0 Å². The van der Waals surface area contributed by atoms with Crippen molar-refractivity contribution in [3.05, 3.63) is 0 Å². The molecular weight excluding hydrogens is 248 g/mol. The average Bonchev–Trinajstić information content (AvgIpc) is 2.67. The third-order valence-electron chi connectivity index (χ3n) is 4.82. The molecule has 1 N–H and O–H groups in total. The molecule has 4 nitrogen and oxygen atoms in total. The molecule has 0 aromatic carbocycles. The summed E-state index contributed by atoms with van der Waals surface area (Å²) in [6.07, 6.45) is 5.36. The van der Waals surface area contributed by atoms with Crippen LogP contribution >= 0.6 is 0 Å². The van der Waals surface area contributed by atoms with E-state index in [-0.39, 0.29) is 0 Å². The fourth-order valence-corrected chi connectivity index (χ4v) is 3.40. The lowest BCUT2D eigenvalue weighted by Gasteiger charge is -2.32. The smallest absolute Gasteiger partial charge is 0.0110 e. The van der Waals surface area contributed by atoms with Crippen molar-refractivity contribution >= 4 is 0 Å². The molecule has 0 radical (unpaired) electrons. The van der Waals surface area contributed by atoms with Crippen LogP contribution in [-0.2, 0) is 0 Å². The molecule has 118 valence electrons. The minimum Gasteiger partial charge on any atom is -0.313 e. The van der Waals surface area contributed by atoms with Crippen molar-refractivity contribution in [2.24, 2.45) is 0 Å². The molecule has 1 unspecified atom stereocenters. The third kappa shape index (κ3) is 5.68. The summed E-state index contributed by atoms with van der Waals surface area (Å²) in [4.78, 5) is 7.67. The van der Waals surface area contributed by atoms with Crippen LogP contribution in [0, 0.1) is 0 Å². The van der Waals surface area contributed by atoms with Crippen LogP contribution in [0.4, 0.5) is 0 Å². The van der Waals surface area contributed by atoms with E-state index in [1.165, 1.54) is 84.6 Å². The molecular formula is C16H34N4. The van der Waals surface area contributed by atoms with Gasteiger partial charge in [-0.15, -0.1) is 0 Å². The molecule has 0 spiro atoms. The summed E-state index contributed by atoms with van der Waals surface area (Å²) in [5.41, 5.74) is 0. The summed E-state index contributed by atoms with van der Waals surface area (Å²) in [7, 11) is 2.23. The van der Waals surface area contributed by atoms with Crippen LogP contribution in [0.15, 0.2) is 0 Å². The van der Waals surface area contributed by atoms with E-state index in [2.05, 4.69) is 34.0 Å². The predicted molar refractivity (Wildman–Crippen MR) is 86.3 cm³/mol. The first-order chi connectivity index (χ1) is 9.78. The van der Waals surface area contributed by atoms with E-state index in [4.69, 9.17) is 0 Å². The number of likely N-dealkylation sites (tertiary alicyclic amines) is 1. The zero-order valence-corrected chi connectivity index (χ0v) is 13.6. The maximum absolute atomic E-state index is 3.80. The van der Waals surface area contributed by atoms with Crippen LogP contribution in [0.25, 0.3) is 0 Å². The molecule has 2 aliphatic heterocycles. The van der Waals surface area contributed by atoms with Crippen molar-refractivity contribution in [3.8, 4) is 0 Å². The quantitative estimate of drug-likeness (QED) is 0.787. The van der Waals surface area contributed by atoms with E-state index in [9.17, 15) is 0 Å². The molecule has 0 bridgehead atoms. The lowest BCUT2D eigenvalue weighted by atomic mass is 10.1. The maximum atomic E-state index is 3.80. The molecule has 0 amide bonds. The Labute approximate surface area is 125 Å². The van der Waals surface area contributed by atoms with Crippen LogP contribution in [0.3, 0.4) is 0 Å². The van der Waals surface area contributed by atoms with E-state index in [0.29, 0.717) is 0 Å². The Balaban J connectivity index is 1.57. The Kier molecular flexibility index (Phi) is 7.28. The first-order valence-corrected chi connectivity index (χ1v) is 8.64. The molecule has 2 fully saturated rings. The lowest BCUT2D eigenvalue weighted by molar-refractivity contribution is 0.153. The van der Waals surface area contributed by atoms with Gasteiger partial charge in [0.1, 0.15) is 0 Å².